The molecule has 116 valence electrons. The third-order valence-corrected chi connectivity index (χ3v) is 4.12. The highest BCUT2D eigenvalue weighted by molar-refractivity contribution is 5.81. The fraction of sp³-hybridized carbons (Fsp3) is 0.588. The van der Waals surface area contributed by atoms with Gasteiger partial charge in [-0.05, 0) is 43.5 Å². The van der Waals surface area contributed by atoms with Crippen LogP contribution in [0.2, 0.25) is 0 Å². The first-order valence-corrected chi connectivity index (χ1v) is 8.02. The molecule has 0 spiro atoms. The minimum atomic E-state index is -0.400. The number of hydrogen-bond donors (Lipinski definition) is 2. The van der Waals surface area contributed by atoms with Crippen molar-refractivity contribution in [3.05, 3.63) is 35.4 Å². The van der Waals surface area contributed by atoms with Gasteiger partial charge >= 0.3 is 0 Å². The summed E-state index contributed by atoms with van der Waals surface area (Å²) in [6.45, 7) is 5.93. The number of amides is 1. The molecule has 1 saturated heterocycles. The molecule has 1 aromatic carbocycles. The molecule has 1 aliphatic heterocycles. The molecule has 1 amide bonds. The summed E-state index contributed by atoms with van der Waals surface area (Å²) in [6.07, 6.45) is 4.68. The Morgan fingerprint density at radius 3 is 2.43 bits per heavy atom. The maximum atomic E-state index is 11.6. The molecule has 0 aliphatic carbocycles. The Hall–Kier alpha value is -1.39. The van der Waals surface area contributed by atoms with Gasteiger partial charge in [-0.3, -0.25) is 9.69 Å². The zero-order chi connectivity index (χ0) is 15.1. The minimum absolute atomic E-state index is 0.0742. The number of benzene rings is 1. The number of hydrogen-bond acceptors (Lipinski definition) is 3. The van der Waals surface area contributed by atoms with Crippen LogP contribution in [0.4, 0.5) is 0 Å². The number of carbonyl (C=O) groups excluding carboxylic acids is 1. The van der Waals surface area contributed by atoms with Crippen LogP contribution in [0.5, 0.6) is 0 Å². The first kappa shape index (κ1) is 16.0. The summed E-state index contributed by atoms with van der Waals surface area (Å²) in [5.41, 5.74) is 8.16. The summed E-state index contributed by atoms with van der Waals surface area (Å²) >= 11 is 0. The second-order valence-electron chi connectivity index (χ2n) is 5.89. The highest BCUT2D eigenvalue weighted by Crippen LogP contribution is 2.13. The van der Waals surface area contributed by atoms with E-state index in [9.17, 15) is 4.79 Å². The summed E-state index contributed by atoms with van der Waals surface area (Å²) < 4.78 is 0. The van der Waals surface area contributed by atoms with Crippen LogP contribution < -0.4 is 11.1 Å². The molecule has 4 heteroatoms. The van der Waals surface area contributed by atoms with E-state index >= 15 is 0 Å². The van der Waals surface area contributed by atoms with Crippen LogP contribution in [0, 0.1) is 0 Å². The van der Waals surface area contributed by atoms with Crippen molar-refractivity contribution in [2.45, 2.75) is 51.7 Å². The average Bonchev–Trinajstić information content (AvgIpc) is 2.54. The first-order chi connectivity index (χ1) is 10.2. The molecule has 0 saturated carbocycles. The summed E-state index contributed by atoms with van der Waals surface area (Å²) in [5.74, 6) is -0.0742. The second kappa shape index (κ2) is 8.15. The molecular formula is C17H27N3O. The molecule has 1 atom stereocenters. The normalized spacial score (nSPS) is 17.4. The van der Waals surface area contributed by atoms with Gasteiger partial charge in [0.05, 0.1) is 6.04 Å². The average molecular weight is 289 g/mol. The lowest BCUT2D eigenvalue weighted by Crippen LogP contribution is -2.39. The maximum Gasteiger partial charge on any atom is 0.237 e. The summed E-state index contributed by atoms with van der Waals surface area (Å²) in [7, 11) is 0. The van der Waals surface area contributed by atoms with E-state index in [4.69, 9.17) is 5.73 Å². The van der Waals surface area contributed by atoms with Crippen molar-refractivity contribution in [3.8, 4) is 0 Å². The molecule has 4 nitrogen and oxygen atoms in total. The molecule has 1 heterocycles. The van der Waals surface area contributed by atoms with Crippen molar-refractivity contribution in [2.24, 2.45) is 5.73 Å². The molecule has 1 aliphatic rings. The quantitative estimate of drug-likeness (QED) is 0.842. The number of nitrogens with one attached hydrogen (secondary N) is 1. The number of nitrogens with two attached hydrogens (primary N) is 1. The van der Waals surface area contributed by atoms with Crippen molar-refractivity contribution < 1.29 is 4.79 Å². The summed E-state index contributed by atoms with van der Waals surface area (Å²) in [5, 5.41) is 2.88. The number of likely N-dealkylation sites (tertiary alicyclic amines) is 1. The summed E-state index contributed by atoms with van der Waals surface area (Å²) in [4.78, 5) is 14.1. The van der Waals surface area contributed by atoms with Crippen LogP contribution >= 0.6 is 0 Å². The molecule has 3 N–H and O–H groups in total. The van der Waals surface area contributed by atoms with Crippen molar-refractivity contribution in [3.63, 3.8) is 0 Å². The fourth-order valence-electron chi connectivity index (χ4n) is 2.64. The molecule has 2 rings (SSSR count). The third-order valence-electron chi connectivity index (χ3n) is 4.12. The highest BCUT2D eigenvalue weighted by atomic mass is 16.2. The number of carbonyl (C=O) groups is 1. The van der Waals surface area contributed by atoms with E-state index in [1.807, 2.05) is 6.92 Å². The molecule has 21 heavy (non-hydrogen) atoms. The Kier molecular flexibility index (Phi) is 6.21. The van der Waals surface area contributed by atoms with Crippen LogP contribution in [-0.2, 0) is 17.9 Å². The van der Waals surface area contributed by atoms with Crippen molar-refractivity contribution in [1.82, 2.24) is 10.2 Å². The van der Waals surface area contributed by atoms with E-state index in [1.54, 1.807) is 0 Å². The van der Waals surface area contributed by atoms with Gasteiger partial charge < -0.3 is 11.1 Å². The predicted octanol–water partition coefficient (Wildman–Crippen LogP) is 2.03. The lowest BCUT2D eigenvalue weighted by molar-refractivity contribution is -0.122. The van der Waals surface area contributed by atoms with Crippen LogP contribution in [0.3, 0.4) is 0 Å². The lowest BCUT2D eigenvalue weighted by atomic mass is 10.1. The van der Waals surface area contributed by atoms with Gasteiger partial charge in [0.25, 0.3) is 0 Å². The van der Waals surface area contributed by atoms with Gasteiger partial charge in [0.1, 0.15) is 0 Å². The number of piperidine rings is 1. The molecule has 1 aromatic rings. The smallest absolute Gasteiger partial charge is 0.237 e. The topological polar surface area (TPSA) is 58.4 Å². The van der Waals surface area contributed by atoms with E-state index in [0.29, 0.717) is 13.0 Å². The third kappa shape index (κ3) is 5.14. The Balaban J connectivity index is 1.80. The van der Waals surface area contributed by atoms with Crippen LogP contribution in [-0.4, -0.2) is 29.9 Å². The Labute approximate surface area is 127 Å². The SMILES string of the molecule is CC[C@@H](N)C(=O)NCc1ccc(CN2CCCCC2)cc1. The summed E-state index contributed by atoms with van der Waals surface area (Å²) in [6, 6.07) is 8.11. The zero-order valence-electron chi connectivity index (χ0n) is 13.0. The van der Waals surface area contributed by atoms with Gasteiger partial charge in [-0.25, -0.2) is 0 Å². The van der Waals surface area contributed by atoms with E-state index in [-0.39, 0.29) is 5.91 Å². The first-order valence-electron chi connectivity index (χ1n) is 8.02. The Morgan fingerprint density at radius 2 is 1.81 bits per heavy atom. The molecule has 0 unspecified atom stereocenters. The van der Waals surface area contributed by atoms with Crippen molar-refractivity contribution in [2.75, 3.05) is 13.1 Å². The Morgan fingerprint density at radius 1 is 1.19 bits per heavy atom. The van der Waals surface area contributed by atoms with Gasteiger partial charge in [0.2, 0.25) is 5.91 Å². The molecule has 0 aromatic heterocycles. The van der Waals surface area contributed by atoms with E-state index in [1.165, 1.54) is 37.9 Å². The van der Waals surface area contributed by atoms with Gasteiger partial charge in [-0.1, -0.05) is 37.6 Å². The standard InChI is InChI=1S/C17H27N3O/c1-2-16(18)17(21)19-12-14-6-8-15(9-7-14)13-20-10-4-3-5-11-20/h6-9,16H,2-5,10-13,18H2,1H3,(H,19,21)/t16-/m1/s1. The zero-order valence-corrected chi connectivity index (χ0v) is 13.0. The van der Waals surface area contributed by atoms with E-state index < -0.39 is 6.04 Å². The largest absolute Gasteiger partial charge is 0.351 e. The van der Waals surface area contributed by atoms with E-state index in [0.717, 1.165) is 12.1 Å². The van der Waals surface area contributed by atoms with Crippen molar-refractivity contribution >= 4 is 5.91 Å². The fourth-order valence-corrected chi connectivity index (χ4v) is 2.64. The van der Waals surface area contributed by atoms with Crippen LogP contribution in [0.15, 0.2) is 24.3 Å². The van der Waals surface area contributed by atoms with Gasteiger partial charge in [-0.2, -0.15) is 0 Å². The molecule has 1 fully saturated rings. The predicted molar refractivity (Wildman–Crippen MR) is 85.7 cm³/mol. The second-order valence-corrected chi connectivity index (χ2v) is 5.89. The van der Waals surface area contributed by atoms with Gasteiger partial charge in [0.15, 0.2) is 0 Å². The van der Waals surface area contributed by atoms with Gasteiger partial charge in [-0.15, -0.1) is 0 Å². The Bertz CT molecular complexity index is 438. The van der Waals surface area contributed by atoms with Gasteiger partial charge in [0, 0.05) is 13.1 Å². The molecular weight excluding hydrogens is 262 g/mol. The molecule has 0 bridgehead atoms. The lowest BCUT2D eigenvalue weighted by Gasteiger charge is -2.26. The van der Waals surface area contributed by atoms with Crippen molar-refractivity contribution in [1.29, 1.82) is 0 Å². The monoisotopic (exact) mass is 289 g/mol. The minimum Gasteiger partial charge on any atom is -0.351 e. The number of rotatable bonds is 6. The number of nitrogens with zero attached hydrogens (tertiary/aromatic N) is 1. The highest BCUT2D eigenvalue weighted by Gasteiger charge is 2.11. The molecule has 0 radical (unpaired) electrons. The van der Waals surface area contributed by atoms with Crippen LogP contribution in [0.25, 0.3) is 0 Å². The van der Waals surface area contributed by atoms with Crippen LogP contribution in [0.1, 0.15) is 43.7 Å². The maximum absolute atomic E-state index is 11.6. The van der Waals surface area contributed by atoms with E-state index in [2.05, 4.69) is 34.5 Å².